The van der Waals surface area contributed by atoms with E-state index in [0.717, 1.165) is 28.9 Å². The molecule has 0 radical (unpaired) electrons. The first-order valence-corrected chi connectivity index (χ1v) is 21.9. The van der Waals surface area contributed by atoms with E-state index in [-0.39, 0.29) is 30.2 Å². The highest BCUT2D eigenvalue weighted by Crippen LogP contribution is 2.31. The molecule has 0 aromatic heterocycles. The van der Waals surface area contributed by atoms with Crippen LogP contribution in [-0.2, 0) is 49.3 Å². The second-order valence-corrected chi connectivity index (χ2v) is 18.0. The summed E-state index contributed by atoms with van der Waals surface area (Å²) in [5.41, 5.74) is -0.967. The molecule has 3 saturated heterocycles. The molecule has 13 N–H and O–H groups in total. The molecule has 4 rings (SSSR count). The average molecular weight is 987 g/mol. The lowest BCUT2D eigenvalue weighted by atomic mass is 9.99. The van der Waals surface area contributed by atoms with Crippen LogP contribution in [0.2, 0.25) is 0 Å². The van der Waals surface area contributed by atoms with Crippen molar-refractivity contribution in [3.05, 3.63) is 35.2 Å². The van der Waals surface area contributed by atoms with Crippen LogP contribution < -0.4 is 30.8 Å². The predicted molar refractivity (Wildman–Crippen MR) is 229 cm³/mol. The number of ether oxygens (including phenoxy) is 1. The highest BCUT2D eigenvalue weighted by molar-refractivity contribution is 7.90. The van der Waals surface area contributed by atoms with E-state index in [4.69, 9.17) is 20.7 Å². The number of benzene rings is 1. The molecule has 378 valence electrons. The number of aliphatic hydroxyl groups is 6. The Balaban J connectivity index is 1.83. The van der Waals surface area contributed by atoms with E-state index in [2.05, 4.69) is 40.8 Å². The molecule has 3 heterocycles. The van der Waals surface area contributed by atoms with Crippen LogP contribution in [0.1, 0.15) is 53.0 Å². The molecule has 3 fully saturated rings. The third-order valence-electron chi connectivity index (χ3n) is 11.1. The lowest BCUT2D eigenvalue weighted by Gasteiger charge is -2.33. The number of hydrogen-bond acceptors (Lipinski definition) is 20. The molecule has 0 spiro atoms. The Morgan fingerprint density at radius 3 is 2.18 bits per heavy atom. The maximum Gasteiger partial charge on any atom is 0.408 e. The zero-order valence-electron chi connectivity index (χ0n) is 37.5. The van der Waals surface area contributed by atoms with Crippen LogP contribution in [0.25, 0.3) is 4.85 Å². The number of carbonyl (C=O) groups is 7. The molecule has 1 aromatic rings. The number of phenols is 1. The van der Waals surface area contributed by atoms with Gasteiger partial charge in [0, 0.05) is 44.8 Å². The summed E-state index contributed by atoms with van der Waals surface area (Å²) in [6.45, 7) is 12.1. The van der Waals surface area contributed by atoms with E-state index in [1.54, 1.807) is 0 Å². The Morgan fingerprint density at radius 2 is 1.54 bits per heavy atom. The highest BCUT2D eigenvalue weighted by atomic mass is 32.2. The number of nitrogens with zero attached hydrogens (tertiary/aromatic N) is 3. The number of nitrogens with one attached hydrogen (secondary N) is 5. The molecule has 1 aromatic carbocycles. The fourth-order valence-corrected chi connectivity index (χ4v) is 8.00. The predicted octanol–water partition coefficient (Wildman–Crippen LogP) is -4.28. The molecular weight excluding hydrogens is 929 g/mol. The van der Waals surface area contributed by atoms with Crippen LogP contribution in [0, 0.1) is 12.5 Å². The maximum atomic E-state index is 14.4. The van der Waals surface area contributed by atoms with Gasteiger partial charge in [-0.25, -0.2) is 16.6 Å². The standard InChI is InChI=1S/C40H58N8O19S/c1-17-15-48-31(32(17)55)36(59)42-13-20(50)11-22(43-39(62)64-40(3,4)5)33(56)44-28(18(2)49)37(60)47-16-21(51)12-23(47)34(57)45-29(35(58)46-30(38(48)61)26(54)14-41-6)25(53)9-19-7-8-24(52)27(10-19)65-68-67-66-63/h7-8,10,17-18,20-23,25-26,28-32,49-55,63H,9,11-16H2,1-5H3,(H,42,59)(H,43,62)(H,44,56)(H,45,57)(H,46,58)/t17-,18+,20+,21+,22+,23+,25-,26-,28+,29+,30+,31+,32+/m1/s1. The van der Waals surface area contributed by atoms with Crippen molar-refractivity contribution in [1.29, 1.82) is 0 Å². The fourth-order valence-electron chi connectivity index (χ4n) is 7.74. The van der Waals surface area contributed by atoms with E-state index in [1.165, 1.54) is 33.8 Å². The SMILES string of the molecule is [C-]#[N+]C[C@@H](O)[C@@H]1NC(=O)[C@H]([C@H](O)Cc2ccc(O)c(OSOOO)c2)NC(=O)[C@@H]2C[C@H](O)CN2C(=O)[C@H]([C@H](C)O)NC(=O)[C@@H](NC(=O)OC(C)(C)C)C[C@H](O)CNC(=O)[C@@H]2[C@@H](O)[C@H](C)CN2C1=O. The van der Waals surface area contributed by atoms with Gasteiger partial charge in [-0.2, -0.15) is 0 Å². The molecule has 3 aliphatic heterocycles. The Hall–Kier alpha value is -5.61. The minimum absolute atomic E-state index is 0.0692. The first kappa shape index (κ1) is 55.0. The first-order valence-electron chi connectivity index (χ1n) is 21.2. The normalized spacial score (nSPS) is 29.4. The number of hydrogen-bond donors (Lipinski definition) is 13. The number of aromatic hydroxyl groups is 1. The number of carbonyl (C=O) groups excluding carboxylic acids is 7. The van der Waals surface area contributed by atoms with Gasteiger partial charge in [0.25, 0.3) is 12.3 Å². The van der Waals surface area contributed by atoms with E-state index in [0.29, 0.717) is 0 Å². The zero-order valence-corrected chi connectivity index (χ0v) is 38.3. The second-order valence-electron chi connectivity index (χ2n) is 17.6. The molecular formula is C40H58N8O19S. The Labute approximate surface area is 393 Å². The molecule has 0 aliphatic carbocycles. The van der Waals surface area contributed by atoms with Crippen LogP contribution in [0.5, 0.6) is 11.5 Å². The van der Waals surface area contributed by atoms with Gasteiger partial charge in [0.15, 0.2) is 17.6 Å². The number of aliphatic hydroxyl groups excluding tert-OH is 6. The van der Waals surface area contributed by atoms with Gasteiger partial charge in [0.05, 0.1) is 30.5 Å². The largest absolute Gasteiger partial charge is 0.504 e. The van der Waals surface area contributed by atoms with Crippen LogP contribution in [0.4, 0.5) is 4.79 Å². The van der Waals surface area contributed by atoms with Crippen molar-refractivity contribution >= 4 is 53.9 Å². The molecule has 28 heteroatoms. The van der Waals surface area contributed by atoms with Crippen LogP contribution >= 0.6 is 12.3 Å². The number of phenolic OH excluding ortho intramolecular Hbond substituents is 1. The van der Waals surface area contributed by atoms with Gasteiger partial charge in [-0.3, -0.25) is 28.8 Å². The summed E-state index contributed by atoms with van der Waals surface area (Å²) >= 11 is 0.0692. The van der Waals surface area contributed by atoms with E-state index >= 15 is 0 Å². The van der Waals surface area contributed by atoms with Crippen LogP contribution in [-0.4, -0.2) is 197 Å². The summed E-state index contributed by atoms with van der Waals surface area (Å²) in [5, 5.41) is 100. The fraction of sp³-hybridized carbons (Fsp3) is 0.650. The zero-order chi connectivity index (χ0) is 50.8. The van der Waals surface area contributed by atoms with Gasteiger partial charge < -0.3 is 85.9 Å². The highest BCUT2D eigenvalue weighted by Gasteiger charge is 2.50. The van der Waals surface area contributed by atoms with Crippen molar-refractivity contribution in [3.63, 3.8) is 0 Å². The number of β-amino-alcohol motifs (C(OH)–C–C–N with tert-alkyl or cyclic N) is 1. The van der Waals surface area contributed by atoms with Crippen molar-refractivity contribution in [3.8, 4) is 11.5 Å². The number of alkyl carbamates (subject to hydrolysis) is 1. The third-order valence-corrected chi connectivity index (χ3v) is 11.4. The Morgan fingerprint density at radius 1 is 0.897 bits per heavy atom. The van der Waals surface area contributed by atoms with Crippen molar-refractivity contribution < 1.29 is 92.9 Å². The Kier molecular flexibility index (Phi) is 19.5. The van der Waals surface area contributed by atoms with Gasteiger partial charge >= 0.3 is 6.09 Å². The molecule has 0 unspecified atom stereocenters. The lowest BCUT2D eigenvalue weighted by molar-refractivity contribution is -0.433. The summed E-state index contributed by atoms with van der Waals surface area (Å²) in [6.07, 6.45) is -13.2. The van der Waals surface area contributed by atoms with Gasteiger partial charge in [0.2, 0.25) is 42.0 Å². The van der Waals surface area contributed by atoms with Crippen LogP contribution in [0.15, 0.2) is 18.2 Å². The minimum Gasteiger partial charge on any atom is -0.504 e. The summed E-state index contributed by atoms with van der Waals surface area (Å²) in [7, 11) is 0. The van der Waals surface area contributed by atoms with Gasteiger partial charge in [0.1, 0.15) is 41.9 Å². The average Bonchev–Trinajstić information content (AvgIpc) is 3.80. The van der Waals surface area contributed by atoms with Crippen LogP contribution in [0.3, 0.4) is 0 Å². The molecule has 27 nitrogen and oxygen atoms in total. The maximum absolute atomic E-state index is 14.4. The lowest BCUT2D eigenvalue weighted by Crippen LogP contribution is -2.64. The third kappa shape index (κ3) is 14.5. The van der Waals surface area contributed by atoms with Crippen molar-refractivity contribution in [1.82, 2.24) is 36.4 Å². The van der Waals surface area contributed by atoms with Gasteiger partial charge in [-0.1, -0.05) is 22.4 Å². The van der Waals surface area contributed by atoms with Crippen molar-refractivity contribution in [2.24, 2.45) is 5.92 Å². The van der Waals surface area contributed by atoms with Crippen molar-refractivity contribution in [2.45, 2.75) is 132 Å². The molecule has 68 heavy (non-hydrogen) atoms. The van der Waals surface area contributed by atoms with Crippen molar-refractivity contribution in [2.75, 3.05) is 26.2 Å². The molecule has 7 amide bonds. The second kappa shape index (κ2) is 24.1. The van der Waals surface area contributed by atoms with E-state index < -0.39 is 171 Å². The quantitative estimate of drug-likeness (QED) is 0.0328. The number of rotatable bonds is 11. The van der Waals surface area contributed by atoms with Gasteiger partial charge in [-0.05, 0) is 45.4 Å². The minimum atomic E-state index is -2.13. The van der Waals surface area contributed by atoms with E-state index in [1.807, 2.05) is 0 Å². The molecule has 0 bridgehead atoms. The smallest absolute Gasteiger partial charge is 0.408 e. The Bertz CT molecular complexity index is 2040. The van der Waals surface area contributed by atoms with Gasteiger partial charge in [-0.15, -0.1) is 0 Å². The number of fused-ring (bicyclic) bond motifs is 2. The first-order chi connectivity index (χ1) is 31.9. The number of amides is 7. The summed E-state index contributed by atoms with van der Waals surface area (Å²) in [6, 6.07) is -7.74. The molecule has 3 aliphatic rings. The topological polar surface area (TPSA) is 389 Å². The summed E-state index contributed by atoms with van der Waals surface area (Å²) < 4.78 is 14.5. The monoisotopic (exact) mass is 986 g/mol. The molecule has 0 saturated carbocycles. The summed E-state index contributed by atoms with van der Waals surface area (Å²) in [4.78, 5) is 103. The molecule has 13 atom stereocenters. The summed E-state index contributed by atoms with van der Waals surface area (Å²) in [5.74, 6) is -8.72. The van der Waals surface area contributed by atoms with E-state index in [9.17, 15) is 69.3 Å².